The van der Waals surface area contributed by atoms with Crippen LogP contribution >= 0.6 is 0 Å². The molecule has 0 spiro atoms. The van der Waals surface area contributed by atoms with Gasteiger partial charge in [-0.3, -0.25) is 0 Å². The summed E-state index contributed by atoms with van der Waals surface area (Å²) < 4.78 is 1.99. The fraction of sp³-hybridized carbons (Fsp3) is 0.296. The Balaban J connectivity index is 1.77. The molecule has 0 bridgehead atoms. The van der Waals surface area contributed by atoms with Crippen LogP contribution in [0.15, 0.2) is 60.8 Å². The van der Waals surface area contributed by atoms with Crippen LogP contribution in [0.1, 0.15) is 49.6 Å². The number of nitriles is 1. The van der Waals surface area contributed by atoms with Gasteiger partial charge in [-0.25, -0.2) is 4.98 Å². The number of hydrogen-bond acceptors (Lipinski definition) is 4. The average Bonchev–Trinajstić information content (AvgIpc) is 3.30. The van der Waals surface area contributed by atoms with E-state index in [1.807, 2.05) is 41.0 Å². The first kappa shape index (κ1) is 21.6. The van der Waals surface area contributed by atoms with Gasteiger partial charge in [-0.15, -0.1) is 0 Å². The molecule has 5 heteroatoms. The molecule has 0 saturated heterocycles. The number of nitrogens with zero attached hydrogens (tertiary/aromatic N) is 5. The van der Waals surface area contributed by atoms with Gasteiger partial charge < -0.3 is 4.90 Å². The van der Waals surface area contributed by atoms with Gasteiger partial charge in [0.05, 0.1) is 23.5 Å². The lowest BCUT2D eigenvalue weighted by atomic mass is 9.96. The van der Waals surface area contributed by atoms with Gasteiger partial charge in [-0.2, -0.15) is 14.9 Å². The van der Waals surface area contributed by atoms with Crippen LogP contribution in [0, 0.1) is 11.3 Å². The van der Waals surface area contributed by atoms with Crippen molar-refractivity contribution in [2.24, 2.45) is 0 Å². The summed E-state index contributed by atoms with van der Waals surface area (Å²) in [6.45, 7) is 8.40. The monoisotopic (exact) mass is 423 g/mol. The van der Waals surface area contributed by atoms with E-state index in [1.165, 1.54) is 11.1 Å². The summed E-state index contributed by atoms with van der Waals surface area (Å²) in [4.78, 5) is 7.33. The second-order valence-corrected chi connectivity index (χ2v) is 7.92. The molecule has 0 unspecified atom stereocenters. The molecule has 0 aliphatic heterocycles. The summed E-state index contributed by atoms with van der Waals surface area (Å²) in [5, 5.41) is 14.0. The maximum atomic E-state index is 9.44. The second kappa shape index (κ2) is 9.65. The molecule has 0 amide bonds. The third kappa shape index (κ3) is 4.09. The molecule has 0 atom stereocenters. The Labute approximate surface area is 190 Å². The lowest BCUT2D eigenvalue weighted by Gasteiger charge is -2.26. The number of aromatic nitrogens is 3. The standard InChI is InChI=1S/C27H29N5/c1-4-9-25-24(27(31(5-2)6-3)32-26(30-25)16-17-29-32)18-20-12-14-21(15-13-20)23-11-8-7-10-22(23)19-28/h7-8,10-17H,4-6,9,18H2,1-3H3. The number of rotatable bonds is 8. The molecule has 32 heavy (non-hydrogen) atoms. The van der Waals surface area contributed by atoms with Gasteiger partial charge in [-0.1, -0.05) is 55.8 Å². The van der Waals surface area contributed by atoms with Crippen LogP contribution in [0.4, 0.5) is 5.82 Å². The van der Waals surface area contributed by atoms with E-state index in [1.54, 1.807) is 0 Å². The average molecular weight is 424 g/mol. The molecule has 0 N–H and O–H groups in total. The Morgan fingerprint density at radius 3 is 2.41 bits per heavy atom. The summed E-state index contributed by atoms with van der Waals surface area (Å²) in [5.41, 5.74) is 7.26. The molecule has 0 fully saturated rings. The Morgan fingerprint density at radius 2 is 1.72 bits per heavy atom. The first-order chi connectivity index (χ1) is 15.7. The maximum Gasteiger partial charge on any atom is 0.157 e. The molecule has 0 aliphatic rings. The lowest BCUT2D eigenvalue weighted by molar-refractivity contribution is 0.768. The highest BCUT2D eigenvalue weighted by atomic mass is 15.3. The van der Waals surface area contributed by atoms with Crippen LogP contribution in [0.3, 0.4) is 0 Å². The zero-order valence-corrected chi connectivity index (χ0v) is 19.0. The van der Waals surface area contributed by atoms with Crippen molar-refractivity contribution in [3.05, 3.63) is 83.2 Å². The molecule has 4 aromatic rings. The third-order valence-corrected chi connectivity index (χ3v) is 5.93. The topological polar surface area (TPSA) is 57.2 Å². The first-order valence-corrected chi connectivity index (χ1v) is 11.4. The number of anilines is 1. The van der Waals surface area contributed by atoms with Crippen LogP contribution in [0.25, 0.3) is 16.8 Å². The minimum atomic E-state index is 0.697. The number of aryl methyl sites for hydroxylation is 1. The van der Waals surface area contributed by atoms with E-state index in [2.05, 4.69) is 61.1 Å². The van der Waals surface area contributed by atoms with Gasteiger partial charge >= 0.3 is 0 Å². The summed E-state index contributed by atoms with van der Waals surface area (Å²) in [5.74, 6) is 1.15. The summed E-state index contributed by atoms with van der Waals surface area (Å²) in [6.07, 6.45) is 4.62. The molecule has 0 saturated carbocycles. The van der Waals surface area contributed by atoms with Crippen LogP contribution in [0.5, 0.6) is 0 Å². The number of fused-ring (bicyclic) bond motifs is 1. The van der Waals surface area contributed by atoms with E-state index in [-0.39, 0.29) is 0 Å². The van der Waals surface area contributed by atoms with Gasteiger partial charge in [0.1, 0.15) is 5.82 Å². The Kier molecular flexibility index (Phi) is 6.51. The minimum Gasteiger partial charge on any atom is -0.357 e. The van der Waals surface area contributed by atoms with E-state index in [9.17, 15) is 5.26 Å². The van der Waals surface area contributed by atoms with E-state index >= 15 is 0 Å². The molecule has 5 nitrogen and oxygen atoms in total. The maximum absolute atomic E-state index is 9.44. The molecule has 162 valence electrons. The summed E-state index contributed by atoms with van der Waals surface area (Å²) >= 11 is 0. The number of hydrogen-bond donors (Lipinski definition) is 0. The Bertz CT molecular complexity index is 1240. The van der Waals surface area contributed by atoms with Crippen molar-refractivity contribution < 1.29 is 0 Å². The van der Waals surface area contributed by atoms with Crippen molar-refractivity contribution in [1.82, 2.24) is 14.6 Å². The largest absolute Gasteiger partial charge is 0.357 e. The smallest absolute Gasteiger partial charge is 0.157 e. The minimum absolute atomic E-state index is 0.697. The fourth-order valence-electron chi connectivity index (χ4n) is 4.32. The van der Waals surface area contributed by atoms with E-state index < -0.39 is 0 Å². The highest BCUT2D eigenvalue weighted by Crippen LogP contribution is 2.29. The first-order valence-electron chi connectivity index (χ1n) is 11.4. The molecule has 0 radical (unpaired) electrons. The molecule has 2 aromatic carbocycles. The van der Waals surface area contributed by atoms with Crippen LogP contribution in [-0.4, -0.2) is 27.7 Å². The van der Waals surface area contributed by atoms with Crippen LogP contribution in [0.2, 0.25) is 0 Å². The predicted octanol–water partition coefficient (Wildman–Crippen LogP) is 5.66. The molecular weight excluding hydrogens is 394 g/mol. The van der Waals surface area contributed by atoms with Gasteiger partial charge in [0.25, 0.3) is 0 Å². The normalized spacial score (nSPS) is 10.9. The second-order valence-electron chi connectivity index (χ2n) is 7.92. The van der Waals surface area contributed by atoms with Crippen molar-refractivity contribution in [3.8, 4) is 17.2 Å². The molecule has 4 rings (SSSR count). The molecule has 2 heterocycles. The van der Waals surface area contributed by atoms with E-state index in [0.717, 1.165) is 60.6 Å². The lowest BCUT2D eigenvalue weighted by Crippen LogP contribution is -2.27. The summed E-state index contributed by atoms with van der Waals surface area (Å²) in [7, 11) is 0. The van der Waals surface area contributed by atoms with Crippen LogP contribution in [-0.2, 0) is 12.8 Å². The highest BCUT2D eigenvalue weighted by Gasteiger charge is 2.20. The zero-order valence-electron chi connectivity index (χ0n) is 19.0. The SMILES string of the molecule is CCCc1nc2ccnn2c(N(CC)CC)c1Cc1ccc(-c2ccccc2C#N)cc1. The van der Waals surface area contributed by atoms with Crippen molar-refractivity contribution in [1.29, 1.82) is 5.26 Å². The number of benzene rings is 2. The van der Waals surface area contributed by atoms with Crippen molar-refractivity contribution in [3.63, 3.8) is 0 Å². The zero-order chi connectivity index (χ0) is 22.5. The van der Waals surface area contributed by atoms with E-state index in [4.69, 9.17) is 4.98 Å². The third-order valence-electron chi connectivity index (χ3n) is 5.93. The summed E-state index contributed by atoms with van der Waals surface area (Å²) in [6, 6.07) is 20.6. The van der Waals surface area contributed by atoms with Gasteiger partial charge in [0.2, 0.25) is 0 Å². The molecule has 2 aromatic heterocycles. The van der Waals surface area contributed by atoms with Gasteiger partial charge in [-0.05, 0) is 43.0 Å². The van der Waals surface area contributed by atoms with Crippen molar-refractivity contribution in [2.45, 2.75) is 40.0 Å². The van der Waals surface area contributed by atoms with Crippen LogP contribution < -0.4 is 4.90 Å². The molecular formula is C27H29N5. The Morgan fingerprint density at radius 1 is 0.969 bits per heavy atom. The van der Waals surface area contributed by atoms with Crippen molar-refractivity contribution in [2.75, 3.05) is 18.0 Å². The molecule has 0 aliphatic carbocycles. The van der Waals surface area contributed by atoms with Crippen molar-refractivity contribution >= 4 is 11.5 Å². The van der Waals surface area contributed by atoms with Gasteiger partial charge in [0, 0.05) is 31.1 Å². The predicted molar refractivity (Wildman–Crippen MR) is 130 cm³/mol. The quantitative estimate of drug-likeness (QED) is 0.367. The highest BCUT2D eigenvalue weighted by molar-refractivity contribution is 5.70. The Hall–Kier alpha value is -3.65. The van der Waals surface area contributed by atoms with Gasteiger partial charge in [0.15, 0.2) is 5.65 Å². The fourth-order valence-corrected chi connectivity index (χ4v) is 4.32. The van der Waals surface area contributed by atoms with E-state index in [0.29, 0.717) is 5.56 Å².